The molecule has 0 saturated heterocycles. The summed E-state index contributed by atoms with van der Waals surface area (Å²) in [5.74, 6) is 0.164. The lowest BCUT2D eigenvalue weighted by atomic mass is 9.83. The van der Waals surface area contributed by atoms with Crippen molar-refractivity contribution >= 4 is 11.6 Å². The van der Waals surface area contributed by atoms with Crippen LogP contribution in [-0.4, -0.2) is 5.11 Å². The quantitative estimate of drug-likeness (QED) is 0.387. The van der Waals surface area contributed by atoms with E-state index >= 15 is 0 Å². The number of hydrogen-bond acceptors (Lipinski definition) is 1. The number of benzene rings is 4. The zero-order chi connectivity index (χ0) is 18.6. The van der Waals surface area contributed by atoms with Crippen LogP contribution in [0.15, 0.2) is 103 Å². The molecule has 1 N–H and O–H groups in total. The van der Waals surface area contributed by atoms with Gasteiger partial charge >= 0.3 is 0 Å². The highest BCUT2D eigenvalue weighted by Crippen LogP contribution is 2.43. The Morgan fingerprint density at radius 1 is 0.630 bits per heavy atom. The Labute approximate surface area is 164 Å². The molecule has 0 unspecified atom stereocenters. The predicted molar refractivity (Wildman–Crippen MR) is 112 cm³/mol. The molecule has 132 valence electrons. The molecular formula is C25H19ClO. The first kappa shape index (κ1) is 17.4. The van der Waals surface area contributed by atoms with Crippen molar-refractivity contribution in [2.45, 2.75) is 5.92 Å². The van der Waals surface area contributed by atoms with E-state index in [2.05, 4.69) is 24.3 Å². The van der Waals surface area contributed by atoms with Gasteiger partial charge in [-0.15, -0.1) is 0 Å². The predicted octanol–water partition coefficient (Wildman–Crippen LogP) is 6.89. The summed E-state index contributed by atoms with van der Waals surface area (Å²) in [6.07, 6.45) is 0. The minimum atomic E-state index is -0.103. The third-order valence-corrected chi connectivity index (χ3v) is 4.98. The molecule has 0 fully saturated rings. The highest BCUT2D eigenvalue weighted by atomic mass is 35.5. The second-order valence-corrected chi connectivity index (χ2v) is 6.95. The van der Waals surface area contributed by atoms with E-state index in [-0.39, 0.29) is 11.7 Å². The van der Waals surface area contributed by atoms with Crippen LogP contribution in [0.1, 0.15) is 22.6 Å². The Morgan fingerprint density at radius 3 is 1.63 bits per heavy atom. The van der Waals surface area contributed by atoms with E-state index < -0.39 is 0 Å². The monoisotopic (exact) mass is 370 g/mol. The molecular weight excluding hydrogens is 352 g/mol. The lowest BCUT2D eigenvalue weighted by molar-refractivity contribution is 0.469. The van der Waals surface area contributed by atoms with Gasteiger partial charge in [0.2, 0.25) is 0 Å². The van der Waals surface area contributed by atoms with Gasteiger partial charge in [0.05, 0.1) is 0 Å². The van der Waals surface area contributed by atoms with Gasteiger partial charge in [0.1, 0.15) is 5.75 Å². The number of phenols is 1. The zero-order valence-electron chi connectivity index (χ0n) is 14.7. The van der Waals surface area contributed by atoms with Gasteiger partial charge in [-0.3, -0.25) is 0 Å². The van der Waals surface area contributed by atoms with Crippen LogP contribution in [0.5, 0.6) is 5.75 Å². The second kappa shape index (κ2) is 7.69. The summed E-state index contributed by atoms with van der Waals surface area (Å²) < 4.78 is 0. The fourth-order valence-corrected chi connectivity index (χ4v) is 3.75. The molecule has 4 aromatic carbocycles. The molecule has 1 nitrogen and oxygen atoms in total. The van der Waals surface area contributed by atoms with Crippen LogP contribution in [-0.2, 0) is 0 Å². The first-order chi connectivity index (χ1) is 13.2. The van der Waals surface area contributed by atoms with E-state index in [4.69, 9.17) is 11.6 Å². The van der Waals surface area contributed by atoms with E-state index in [1.165, 1.54) is 0 Å². The van der Waals surface area contributed by atoms with E-state index in [0.29, 0.717) is 5.02 Å². The van der Waals surface area contributed by atoms with E-state index in [0.717, 1.165) is 27.8 Å². The lowest BCUT2D eigenvalue weighted by Gasteiger charge is -2.22. The number of aromatic hydroxyl groups is 1. The van der Waals surface area contributed by atoms with Crippen LogP contribution in [0, 0.1) is 0 Å². The molecule has 2 heteroatoms. The normalized spacial score (nSPS) is 10.9. The SMILES string of the molecule is Oc1c(-c2ccccc2)cc(Cl)cc1C(c1ccccc1)c1ccccc1. The smallest absolute Gasteiger partial charge is 0.127 e. The maximum atomic E-state index is 11.2. The summed E-state index contributed by atoms with van der Waals surface area (Å²) in [5.41, 5.74) is 4.72. The van der Waals surface area contributed by atoms with Gasteiger partial charge in [0, 0.05) is 22.1 Å². The van der Waals surface area contributed by atoms with Gasteiger partial charge < -0.3 is 5.11 Å². The molecule has 27 heavy (non-hydrogen) atoms. The van der Waals surface area contributed by atoms with Crippen molar-refractivity contribution in [1.29, 1.82) is 0 Å². The number of rotatable bonds is 4. The van der Waals surface area contributed by atoms with Crippen LogP contribution < -0.4 is 0 Å². The van der Waals surface area contributed by atoms with Crippen LogP contribution in [0.4, 0.5) is 0 Å². The Kier molecular flexibility index (Phi) is 4.95. The second-order valence-electron chi connectivity index (χ2n) is 6.51. The van der Waals surface area contributed by atoms with E-state index in [1.807, 2.05) is 78.9 Å². The van der Waals surface area contributed by atoms with Gasteiger partial charge in [-0.05, 0) is 28.8 Å². The zero-order valence-corrected chi connectivity index (χ0v) is 15.5. The fourth-order valence-electron chi connectivity index (χ4n) is 3.52. The van der Waals surface area contributed by atoms with Crippen molar-refractivity contribution in [2.75, 3.05) is 0 Å². The van der Waals surface area contributed by atoms with Gasteiger partial charge in [-0.25, -0.2) is 0 Å². The molecule has 0 amide bonds. The van der Waals surface area contributed by atoms with Crippen LogP contribution in [0.25, 0.3) is 11.1 Å². The number of halogens is 1. The molecule has 0 aliphatic rings. The van der Waals surface area contributed by atoms with Crippen molar-refractivity contribution in [3.8, 4) is 16.9 Å². The molecule has 0 bridgehead atoms. The molecule has 0 saturated carbocycles. The lowest BCUT2D eigenvalue weighted by Crippen LogP contribution is -2.04. The minimum absolute atomic E-state index is 0.103. The summed E-state index contributed by atoms with van der Waals surface area (Å²) in [7, 11) is 0. The molecule has 0 spiro atoms. The molecule has 0 aliphatic carbocycles. The van der Waals surface area contributed by atoms with Gasteiger partial charge in [-0.2, -0.15) is 0 Å². The highest BCUT2D eigenvalue weighted by Gasteiger charge is 2.22. The molecule has 0 atom stereocenters. The highest BCUT2D eigenvalue weighted by molar-refractivity contribution is 6.31. The Hall–Kier alpha value is -3.03. The Balaban J connectivity index is 1.95. The van der Waals surface area contributed by atoms with Crippen molar-refractivity contribution in [2.24, 2.45) is 0 Å². The Morgan fingerprint density at radius 2 is 1.11 bits per heavy atom. The van der Waals surface area contributed by atoms with Crippen LogP contribution in [0.3, 0.4) is 0 Å². The van der Waals surface area contributed by atoms with Crippen LogP contribution in [0.2, 0.25) is 5.02 Å². The van der Waals surface area contributed by atoms with Gasteiger partial charge in [0.25, 0.3) is 0 Å². The molecule has 0 aromatic heterocycles. The van der Waals surface area contributed by atoms with Crippen LogP contribution >= 0.6 is 11.6 Å². The molecule has 0 heterocycles. The van der Waals surface area contributed by atoms with Crippen molar-refractivity contribution in [3.63, 3.8) is 0 Å². The first-order valence-corrected chi connectivity index (χ1v) is 9.29. The van der Waals surface area contributed by atoms with Gasteiger partial charge in [-0.1, -0.05) is 103 Å². The van der Waals surface area contributed by atoms with Crippen molar-refractivity contribution in [1.82, 2.24) is 0 Å². The maximum Gasteiger partial charge on any atom is 0.127 e. The first-order valence-electron chi connectivity index (χ1n) is 8.92. The van der Waals surface area contributed by atoms with Crippen molar-refractivity contribution in [3.05, 3.63) is 125 Å². The summed E-state index contributed by atoms with van der Waals surface area (Å²) in [4.78, 5) is 0. The standard InChI is InChI=1S/C25H19ClO/c26-21-16-22(18-10-4-1-5-11-18)25(27)23(17-21)24(19-12-6-2-7-13-19)20-14-8-3-9-15-20/h1-17,24,27H. The third kappa shape index (κ3) is 3.60. The van der Waals surface area contributed by atoms with E-state index in [1.54, 1.807) is 0 Å². The number of phenolic OH excluding ortho intramolecular Hbond substituents is 1. The van der Waals surface area contributed by atoms with Crippen molar-refractivity contribution < 1.29 is 5.11 Å². The topological polar surface area (TPSA) is 20.2 Å². The van der Waals surface area contributed by atoms with E-state index in [9.17, 15) is 5.11 Å². The average Bonchev–Trinajstić information content (AvgIpc) is 2.73. The largest absolute Gasteiger partial charge is 0.507 e. The summed E-state index contributed by atoms with van der Waals surface area (Å²) in [5, 5.41) is 11.8. The molecule has 4 rings (SSSR count). The number of hydrogen-bond donors (Lipinski definition) is 1. The Bertz CT molecular complexity index is 988. The summed E-state index contributed by atoms with van der Waals surface area (Å²) >= 11 is 6.48. The average molecular weight is 371 g/mol. The molecule has 0 radical (unpaired) electrons. The summed E-state index contributed by atoms with van der Waals surface area (Å²) in [6.45, 7) is 0. The maximum absolute atomic E-state index is 11.2. The van der Waals surface area contributed by atoms with Gasteiger partial charge in [0.15, 0.2) is 0 Å². The summed E-state index contributed by atoms with van der Waals surface area (Å²) in [6, 6.07) is 33.9. The fraction of sp³-hybridized carbons (Fsp3) is 0.0400. The molecule has 0 aliphatic heterocycles. The molecule has 4 aromatic rings. The third-order valence-electron chi connectivity index (χ3n) is 4.77. The minimum Gasteiger partial charge on any atom is -0.507 e.